The average Bonchev–Trinajstić information content (AvgIpc) is 2.87. The number of nitrogens with one attached hydrogen (secondary N) is 1. The number of aromatic nitrogens is 1. The molecule has 108 valence electrons. The summed E-state index contributed by atoms with van der Waals surface area (Å²) >= 11 is 6.00. The molecule has 0 atom stereocenters. The van der Waals surface area contributed by atoms with Crippen LogP contribution in [0.15, 0.2) is 28.8 Å². The van der Waals surface area contributed by atoms with Gasteiger partial charge in [0.25, 0.3) is 0 Å². The lowest BCUT2D eigenvalue weighted by Gasteiger charge is -2.02. The van der Waals surface area contributed by atoms with Gasteiger partial charge >= 0.3 is 0 Å². The lowest BCUT2D eigenvalue weighted by molar-refractivity contribution is 0.488. The first-order valence-corrected chi connectivity index (χ1v) is 7.20. The summed E-state index contributed by atoms with van der Waals surface area (Å²) in [7, 11) is 0. The minimum atomic E-state index is -0.398. The smallest absolute Gasteiger partial charge is 0.194 e. The molecule has 20 heavy (non-hydrogen) atoms. The normalized spacial score (nSPS) is 10.9. The minimum Gasteiger partial charge on any atom is -0.441 e. The lowest BCUT2D eigenvalue weighted by atomic mass is 10.2. The second kappa shape index (κ2) is 7.41. The summed E-state index contributed by atoms with van der Waals surface area (Å²) in [5, 5.41) is 3.64. The number of aryl methyl sites for hydroxylation is 1. The Bertz CT molecular complexity index is 536. The van der Waals surface area contributed by atoms with Gasteiger partial charge in [0.1, 0.15) is 5.82 Å². The molecule has 1 heterocycles. The van der Waals surface area contributed by atoms with Crippen LogP contribution in [0.1, 0.15) is 25.7 Å². The van der Waals surface area contributed by atoms with Crippen molar-refractivity contribution in [3.63, 3.8) is 0 Å². The van der Waals surface area contributed by atoms with Crippen LogP contribution in [0.25, 0.3) is 11.3 Å². The fraction of sp³-hybridized carbons (Fsp3) is 0.400. The van der Waals surface area contributed by atoms with Gasteiger partial charge in [0, 0.05) is 6.42 Å². The van der Waals surface area contributed by atoms with Crippen LogP contribution >= 0.6 is 11.6 Å². The van der Waals surface area contributed by atoms with Crippen molar-refractivity contribution in [2.45, 2.75) is 26.2 Å². The van der Waals surface area contributed by atoms with Crippen molar-refractivity contribution in [1.82, 2.24) is 10.3 Å². The van der Waals surface area contributed by atoms with E-state index in [9.17, 15) is 4.39 Å². The summed E-state index contributed by atoms with van der Waals surface area (Å²) in [4.78, 5) is 4.17. The zero-order chi connectivity index (χ0) is 14.4. The maximum absolute atomic E-state index is 13.8. The van der Waals surface area contributed by atoms with E-state index in [2.05, 4.69) is 17.2 Å². The third-order valence-electron chi connectivity index (χ3n) is 2.93. The highest BCUT2D eigenvalue weighted by atomic mass is 35.5. The summed E-state index contributed by atoms with van der Waals surface area (Å²) in [6.45, 7) is 4.07. The Hall–Kier alpha value is -1.39. The molecule has 0 bridgehead atoms. The largest absolute Gasteiger partial charge is 0.441 e. The van der Waals surface area contributed by atoms with Gasteiger partial charge in [-0.2, -0.15) is 0 Å². The Morgan fingerprint density at radius 1 is 1.35 bits per heavy atom. The van der Waals surface area contributed by atoms with Crippen molar-refractivity contribution in [2.75, 3.05) is 13.1 Å². The molecule has 2 rings (SSSR count). The molecule has 0 amide bonds. The molecule has 0 saturated heterocycles. The molecular weight excluding hydrogens is 279 g/mol. The van der Waals surface area contributed by atoms with Crippen molar-refractivity contribution in [1.29, 1.82) is 0 Å². The quantitative estimate of drug-likeness (QED) is 0.783. The van der Waals surface area contributed by atoms with Gasteiger partial charge in [0.05, 0.1) is 16.8 Å². The molecule has 0 radical (unpaired) electrons. The summed E-state index contributed by atoms with van der Waals surface area (Å²) < 4.78 is 19.3. The zero-order valence-corrected chi connectivity index (χ0v) is 12.2. The summed E-state index contributed by atoms with van der Waals surface area (Å²) in [6.07, 6.45) is 4.31. The third kappa shape index (κ3) is 3.81. The molecule has 0 aliphatic carbocycles. The zero-order valence-electron chi connectivity index (χ0n) is 11.5. The topological polar surface area (TPSA) is 38.1 Å². The Morgan fingerprint density at radius 2 is 2.20 bits per heavy atom. The van der Waals surface area contributed by atoms with Gasteiger partial charge in [0.15, 0.2) is 11.7 Å². The highest BCUT2D eigenvalue weighted by molar-refractivity contribution is 6.33. The molecule has 0 spiro atoms. The van der Waals surface area contributed by atoms with Crippen LogP contribution in [-0.2, 0) is 6.42 Å². The standard InChI is InChI=1S/C15H18ClFN2O/c1-2-8-18-9-4-7-14-19-10-13(20-14)15-11(16)5-3-6-12(15)17/h3,5-6,10,18H,2,4,7-9H2,1H3. The highest BCUT2D eigenvalue weighted by Crippen LogP contribution is 2.30. The average molecular weight is 297 g/mol. The van der Waals surface area contributed by atoms with E-state index in [1.165, 1.54) is 12.3 Å². The number of rotatable bonds is 7. The van der Waals surface area contributed by atoms with E-state index in [4.69, 9.17) is 16.0 Å². The second-order valence-corrected chi connectivity index (χ2v) is 4.98. The maximum Gasteiger partial charge on any atom is 0.194 e. The number of benzene rings is 1. The Morgan fingerprint density at radius 3 is 2.95 bits per heavy atom. The maximum atomic E-state index is 13.8. The molecule has 0 saturated carbocycles. The molecule has 0 unspecified atom stereocenters. The van der Waals surface area contributed by atoms with Crippen LogP contribution in [0.3, 0.4) is 0 Å². The molecule has 0 aliphatic heterocycles. The molecule has 0 fully saturated rings. The van der Waals surface area contributed by atoms with Crippen LogP contribution in [0.2, 0.25) is 5.02 Å². The van der Waals surface area contributed by atoms with E-state index in [1.807, 2.05) is 0 Å². The van der Waals surface area contributed by atoms with Gasteiger partial charge in [0.2, 0.25) is 0 Å². The predicted octanol–water partition coefficient (Wildman–Crippen LogP) is 4.07. The van der Waals surface area contributed by atoms with Crippen molar-refractivity contribution in [3.8, 4) is 11.3 Å². The van der Waals surface area contributed by atoms with E-state index >= 15 is 0 Å². The van der Waals surface area contributed by atoms with Gasteiger partial charge in [-0.3, -0.25) is 0 Å². The first-order chi connectivity index (χ1) is 9.72. The van der Waals surface area contributed by atoms with Crippen molar-refractivity contribution in [2.24, 2.45) is 0 Å². The summed E-state index contributed by atoms with van der Waals surface area (Å²) in [6, 6.07) is 4.56. The molecule has 2 aromatic rings. The number of oxazole rings is 1. The van der Waals surface area contributed by atoms with Gasteiger partial charge in [-0.25, -0.2) is 9.37 Å². The molecule has 5 heteroatoms. The first-order valence-electron chi connectivity index (χ1n) is 6.82. The van der Waals surface area contributed by atoms with Crippen LogP contribution in [0.5, 0.6) is 0 Å². The Kier molecular flexibility index (Phi) is 5.56. The number of nitrogens with zero attached hydrogens (tertiary/aromatic N) is 1. The SMILES string of the molecule is CCCNCCCc1ncc(-c2c(F)cccc2Cl)o1. The van der Waals surface area contributed by atoms with E-state index < -0.39 is 5.82 Å². The van der Waals surface area contributed by atoms with Gasteiger partial charge in [-0.1, -0.05) is 24.6 Å². The molecule has 1 N–H and O–H groups in total. The third-order valence-corrected chi connectivity index (χ3v) is 3.25. The molecule has 0 aliphatic rings. The van der Waals surface area contributed by atoms with Crippen molar-refractivity contribution in [3.05, 3.63) is 41.1 Å². The van der Waals surface area contributed by atoms with E-state index in [-0.39, 0.29) is 5.56 Å². The minimum absolute atomic E-state index is 0.275. The van der Waals surface area contributed by atoms with E-state index in [0.29, 0.717) is 16.7 Å². The Balaban J connectivity index is 1.98. The Labute approximate surface area is 123 Å². The van der Waals surface area contributed by atoms with E-state index in [1.54, 1.807) is 12.1 Å². The highest BCUT2D eigenvalue weighted by Gasteiger charge is 2.14. The predicted molar refractivity (Wildman–Crippen MR) is 78.4 cm³/mol. The van der Waals surface area contributed by atoms with Crippen molar-refractivity contribution < 1.29 is 8.81 Å². The fourth-order valence-electron chi connectivity index (χ4n) is 1.94. The first kappa shape index (κ1) is 15.0. The summed E-state index contributed by atoms with van der Waals surface area (Å²) in [5.41, 5.74) is 0.275. The van der Waals surface area contributed by atoms with Crippen LogP contribution < -0.4 is 5.32 Å². The van der Waals surface area contributed by atoms with Gasteiger partial charge < -0.3 is 9.73 Å². The summed E-state index contributed by atoms with van der Waals surface area (Å²) in [5.74, 6) is 0.590. The molecule has 1 aromatic heterocycles. The monoisotopic (exact) mass is 296 g/mol. The van der Waals surface area contributed by atoms with Crippen LogP contribution in [-0.4, -0.2) is 18.1 Å². The van der Waals surface area contributed by atoms with Gasteiger partial charge in [-0.15, -0.1) is 0 Å². The number of hydrogen-bond acceptors (Lipinski definition) is 3. The van der Waals surface area contributed by atoms with Crippen LogP contribution in [0.4, 0.5) is 4.39 Å². The molecule has 3 nitrogen and oxygen atoms in total. The van der Waals surface area contributed by atoms with E-state index in [0.717, 1.165) is 32.4 Å². The fourth-order valence-corrected chi connectivity index (χ4v) is 2.20. The van der Waals surface area contributed by atoms with Crippen LogP contribution in [0, 0.1) is 5.82 Å². The molecular formula is C15H18ClFN2O. The van der Waals surface area contributed by atoms with Crippen molar-refractivity contribution >= 4 is 11.6 Å². The molecule has 1 aromatic carbocycles. The van der Waals surface area contributed by atoms with Gasteiger partial charge in [-0.05, 0) is 38.1 Å². The second-order valence-electron chi connectivity index (χ2n) is 4.57. The lowest BCUT2D eigenvalue weighted by Crippen LogP contribution is -2.16. The number of halogens is 2. The number of hydrogen-bond donors (Lipinski definition) is 1.